The first-order valence-corrected chi connectivity index (χ1v) is 7.75. The number of amides is 1. The van der Waals surface area contributed by atoms with Crippen LogP contribution in [-0.2, 0) is 4.74 Å². The number of aliphatic hydroxyl groups excluding tert-OH is 2. The minimum Gasteiger partial charge on any atom is -0.394 e. The summed E-state index contributed by atoms with van der Waals surface area (Å²) in [7, 11) is 0. The molecule has 0 aliphatic carbocycles. The van der Waals surface area contributed by atoms with Gasteiger partial charge in [-0.15, -0.1) is 0 Å². The van der Waals surface area contributed by atoms with E-state index in [2.05, 4.69) is 15.3 Å². The molecule has 1 fully saturated rings. The second-order valence-electron chi connectivity index (χ2n) is 5.80. The molecule has 2 aromatic rings. The van der Waals surface area contributed by atoms with Crippen molar-refractivity contribution in [3.8, 4) is 0 Å². The Morgan fingerprint density at radius 1 is 1.40 bits per heavy atom. The molecule has 25 heavy (non-hydrogen) atoms. The van der Waals surface area contributed by atoms with E-state index in [1.807, 2.05) is 6.92 Å². The van der Waals surface area contributed by atoms with Gasteiger partial charge in [0.15, 0.2) is 0 Å². The van der Waals surface area contributed by atoms with E-state index in [1.165, 1.54) is 6.33 Å². The Morgan fingerprint density at radius 2 is 2.12 bits per heavy atom. The van der Waals surface area contributed by atoms with Gasteiger partial charge < -0.3 is 14.9 Å². The van der Waals surface area contributed by atoms with Crippen LogP contribution in [0.3, 0.4) is 0 Å². The van der Waals surface area contributed by atoms with Crippen LogP contribution in [0.1, 0.15) is 28.6 Å². The van der Waals surface area contributed by atoms with Crippen molar-refractivity contribution in [1.29, 1.82) is 0 Å². The van der Waals surface area contributed by atoms with Gasteiger partial charge in [-0.2, -0.15) is 4.98 Å². The first kappa shape index (κ1) is 17.2. The highest BCUT2D eigenvalue weighted by molar-refractivity contribution is 6.03. The van der Waals surface area contributed by atoms with E-state index in [9.17, 15) is 14.7 Å². The fourth-order valence-corrected chi connectivity index (χ4v) is 2.53. The molecule has 0 bridgehead atoms. The monoisotopic (exact) mass is 346 g/mol. The molecule has 3 atom stereocenters. The second-order valence-corrected chi connectivity index (χ2v) is 5.80. The maximum atomic E-state index is 12.1. The zero-order valence-corrected chi connectivity index (χ0v) is 13.5. The van der Waals surface area contributed by atoms with Gasteiger partial charge in [-0.1, -0.05) is 17.7 Å². The Kier molecular flexibility index (Phi) is 4.88. The van der Waals surface area contributed by atoms with Gasteiger partial charge in [-0.05, 0) is 19.1 Å². The molecule has 1 aromatic heterocycles. The molecule has 1 saturated heterocycles. The maximum absolute atomic E-state index is 12.1. The number of anilines is 1. The van der Waals surface area contributed by atoms with Gasteiger partial charge in [0.05, 0.1) is 12.7 Å². The zero-order chi connectivity index (χ0) is 18.0. The number of carbonyl (C=O) groups excluding carboxylic acids is 1. The number of carbonyl (C=O) groups is 1. The average Bonchev–Trinajstić information content (AvgIpc) is 2.96. The van der Waals surface area contributed by atoms with Crippen molar-refractivity contribution in [2.24, 2.45) is 0 Å². The smallest absolute Gasteiger partial charge is 0.354 e. The van der Waals surface area contributed by atoms with Crippen LogP contribution in [0.2, 0.25) is 0 Å². The van der Waals surface area contributed by atoms with Gasteiger partial charge in [0.25, 0.3) is 5.91 Å². The Hall–Kier alpha value is -2.62. The number of rotatable bonds is 4. The topological polar surface area (TPSA) is 127 Å². The van der Waals surface area contributed by atoms with E-state index < -0.39 is 30.0 Å². The predicted octanol–water partition coefficient (Wildman–Crippen LogP) is -0.160. The summed E-state index contributed by atoms with van der Waals surface area (Å²) in [5.41, 5.74) is 0.770. The van der Waals surface area contributed by atoms with Gasteiger partial charge in [0, 0.05) is 12.0 Å². The molecule has 132 valence electrons. The highest BCUT2D eigenvalue weighted by Crippen LogP contribution is 2.27. The molecule has 1 amide bonds. The normalized spacial score (nSPS) is 22.8. The molecule has 1 aliphatic heterocycles. The summed E-state index contributed by atoms with van der Waals surface area (Å²) < 4.78 is 6.50. The first-order valence-electron chi connectivity index (χ1n) is 7.75. The summed E-state index contributed by atoms with van der Waals surface area (Å²) in [6.45, 7) is 1.56. The number of ether oxygens (including phenoxy) is 1. The molecule has 0 unspecified atom stereocenters. The highest BCUT2D eigenvalue weighted by atomic mass is 16.5. The minimum absolute atomic E-state index is 0.121. The van der Waals surface area contributed by atoms with Crippen molar-refractivity contribution < 1.29 is 19.7 Å². The third-order valence-electron chi connectivity index (χ3n) is 3.96. The lowest BCUT2D eigenvalue weighted by Crippen LogP contribution is -2.29. The third kappa shape index (κ3) is 3.73. The molecule has 0 radical (unpaired) electrons. The average molecular weight is 346 g/mol. The van der Waals surface area contributed by atoms with Crippen LogP contribution < -0.4 is 11.0 Å². The number of aromatic nitrogens is 3. The molecule has 0 saturated carbocycles. The van der Waals surface area contributed by atoms with Gasteiger partial charge in [-0.3, -0.25) is 14.7 Å². The van der Waals surface area contributed by atoms with Crippen LogP contribution in [0, 0.1) is 6.92 Å². The standard InChI is InChI=1S/C16H18N4O5/c1-9-2-4-10(5-3-9)14(23)18-15-17-8-20(16(24)19-15)13-6-11(22)12(7-21)25-13/h2-5,8,11-13,21-22H,6-7H2,1H3,(H,18,19,23,24)/t11-,12+,13+/m1/s1. The van der Waals surface area contributed by atoms with Crippen LogP contribution in [0.15, 0.2) is 35.4 Å². The lowest BCUT2D eigenvalue weighted by atomic mass is 10.1. The number of nitrogens with one attached hydrogen (secondary N) is 1. The van der Waals surface area contributed by atoms with E-state index >= 15 is 0 Å². The van der Waals surface area contributed by atoms with E-state index in [-0.39, 0.29) is 19.0 Å². The van der Waals surface area contributed by atoms with Gasteiger partial charge in [0.1, 0.15) is 18.7 Å². The molecule has 3 N–H and O–H groups in total. The van der Waals surface area contributed by atoms with Crippen LogP contribution in [0.25, 0.3) is 0 Å². The zero-order valence-electron chi connectivity index (χ0n) is 13.5. The van der Waals surface area contributed by atoms with Crippen molar-refractivity contribution in [2.45, 2.75) is 31.8 Å². The van der Waals surface area contributed by atoms with Gasteiger partial charge in [-0.25, -0.2) is 9.78 Å². The largest absolute Gasteiger partial charge is 0.394 e. The van der Waals surface area contributed by atoms with Crippen molar-refractivity contribution in [3.05, 3.63) is 52.2 Å². The highest BCUT2D eigenvalue weighted by Gasteiger charge is 2.35. The Morgan fingerprint density at radius 3 is 2.72 bits per heavy atom. The Labute approximate surface area is 142 Å². The molecular weight excluding hydrogens is 328 g/mol. The third-order valence-corrected chi connectivity index (χ3v) is 3.96. The van der Waals surface area contributed by atoms with Crippen molar-refractivity contribution in [1.82, 2.24) is 14.5 Å². The molecule has 9 nitrogen and oxygen atoms in total. The van der Waals surface area contributed by atoms with E-state index in [1.54, 1.807) is 24.3 Å². The summed E-state index contributed by atoms with van der Waals surface area (Å²) >= 11 is 0. The summed E-state index contributed by atoms with van der Waals surface area (Å²) in [6.07, 6.45) is -1.05. The number of hydrogen-bond donors (Lipinski definition) is 3. The second kappa shape index (κ2) is 7.09. The number of hydrogen-bond acceptors (Lipinski definition) is 7. The number of benzene rings is 1. The van der Waals surface area contributed by atoms with Crippen LogP contribution in [0.5, 0.6) is 0 Å². The number of aryl methyl sites for hydroxylation is 1. The maximum Gasteiger partial charge on any atom is 0.354 e. The molecule has 0 spiro atoms. The van der Waals surface area contributed by atoms with E-state index in [0.29, 0.717) is 5.56 Å². The summed E-state index contributed by atoms with van der Waals surface area (Å²) in [5, 5.41) is 21.3. The number of aliphatic hydroxyl groups is 2. The summed E-state index contributed by atoms with van der Waals surface area (Å²) in [4.78, 5) is 31.9. The molecule has 9 heteroatoms. The minimum atomic E-state index is -0.872. The first-order chi connectivity index (χ1) is 12.0. The summed E-state index contributed by atoms with van der Waals surface area (Å²) in [5.74, 6) is -0.547. The SMILES string of the molecule is Cc1ccc(C(=O)Nc2ncn([C@@H]3C[C@@H](O)[C@H](CO)O3)c(=O)n2)cc1. The van der Waals surface area contributed by atoms with Crippen LogP contribution >= 0.6 is 0 Å². The molecule has 1 aromatic carbocycles. The van der Waals surface area contributed by atoms with E-state index in [0.717, 1.165) is 10.1 Å². The van der Waals surface area contributed by atoms with Crippen LogP contribution in [-0.4, -0.2) is 49.5 Å². The predicted molar refractivity (Wildman–Crippen MR) is 87.0 cm³/mol. The van der Waals surface area contributed by atoms with Gasteiger partial charge >= 0.3 is 5.69 Å². The fraction of sp³-hybridized carbons (Fsp3) is 0.375. The fourth-order valence-electron chi connectivity index (χ4n) is 2.53. The van der Waals surface area contributed by atoms with E-state index in [4.69, 9.17) is 9.84 Å². The quantitative estimate of drug-likeness (QED) is 0.702. The van der Waals surface area contributed by atoms with Crippen molar-refractivity contribution >= 4 is 11.9 Å². The van der Waals surface area contributed by atoms with Gasteiger partial charge in [0.2, 0.25) is 5.95 Å². The molecule has 3 rings (SSSR count). The van der Waals surface area contributed by atoms with Crippen molar-refractivity contribution in [2.75, 3.05) is 11.9 Å². The summed E-state index contributed by atoms with van der Waals surface area (Å²) in [6, 6.07) is 6.92. The Bertz CT molecular complexity index is 820. The van der Waals surface area contributed by atoms with Crippen LogP contribution in [0.4, 0.5) is 5.95 Å². The lowest BCUT2D eigenvalue weighted by molar-refractivity contribution is -0.0462. The molecule has 1 aliphatic rings. The lowest BCUT2D eigenvalue weighted by Gasteiger charge is -2.14. The Balaban J connectivity index is 1.73. The van der Waals surface area contributed by atoms with Crippen molar-refractivity contribution in [3.63, 3.8) is 0 Å². The number of nitrogens with zero attached hydrogens (tertiary/aromatic N) is 3. The molecule has 2 heterocycles. The molecular formula is C16H18N4O5.